The highest BCUT2D eigenvalue weighted by atomic mass is 19.4. The van der Waals surface area contributed by atoms with Crippen molar-refractivity contribution in [2.45, 2.75) is 25.9 Å². The predicted octanol–water partition coefficient (Wildman–Crippen LogP) is 3.17. The lowest BCUT2D eigenvalue weighted by Crippen LogP contribution is -2.41. The van der Waals surface area contributed by atoms with Gasteiger partial charge in [0.05, 0.1) is 5.92 Å². The zero-order valence-electron chi connectivity index (χ0n) is 9.67. The molecule has 5 heteroatoms. The zero-order valence-corrected chi connectivity index (χ0v) is 9.67. The number of piperidine rings is 1. The summed E-state index contributed by atoms with van der Waals surface area (Å²) >= 11 is 0. The molecular weight excluding hydrogens is 229 g/mol. The molecule has 0 bridgehead atoms. The largest absolute Gasteiger partial charge is 0.393 e. The highest BCUT2D eigenvalue weighted by molar-refractivity contribution is 5.46. The minimum Gasteiger partial charge on any atom is -0.371 e. The van der Waals surface area contributed by atoms with Gasteiger partial charge in [0.25, 0.3) is 0 Å². The maximum atomic E-state index is 12.7. The number of aromatic nitrogens is 1. The summed E-state index contributed by atoms with van der Waals surface area (Å²) in [6.07, 6.45) is -1.61. The first-order valence-corrected chi connectivity index (χ1v) is 5.71. The van der Waals surface area contributed by atoms with Crippen LogP contribution in [0.15, 0.2) is 18.3 Å². The van der Waals surface area contributed by atoms with Crippen LogP contribution in [-0.2, 0) is 0 Å². The summed E-state index contributed by atoms with van der Waals surface area (Å²) < 4.78 is 38.0. The summed E-state index contributed by atoms with van der Waals surface area (Å²) in [5.41, 5.74) is 1.67. The number of nitrogens with zero attached hydrogens (tertiary/aromatic N) is 2. The van der Waals surface area contributed by atoms with Crippen LogP contribution in [0.3, 0.4) is 0 Å². The molecule has 0 aliphatic carbocycles. The molecule has 1 aliphatic heterocycles. The number of rotatable bonds is 1. The Labute approximate surface area is 98.5 Å². The van der Waals surface area contributed by atoms with Crippen molar-refractivity contribution in [1.82, 2.24) is 4.98 Å². The quantitative estimate of drug-likeness (QED) is 0.754. The third-order valence-electron chi connectivity index (χ3n) is 3.13. The molecule has 0 amide bonds. The Balaban J connectivity index is 2.12. The molecule has 17 heavy (non-hydrogen) atoms. The minimum absolute atomic E-state index is 0.0625. The standard InChI is InChI=1S/C12H15F3N2/c1-9-7-11(4-5-16-9)17-6-2-3-10(8-17)12(13,14)15/h4-5,7,10H,2-3,6,8H2,1H3/t10-/m0/s1. The molecule has 1 aromatic rings. The van der Waals surface area contributed by atoms with E-state index < -0.39 is 12.1 Å². The lowest BCUT2D eigenvalue weighted by Gasteiger charge is -2.35. The Bertz CT molecular complexity index is 390. The van der Waals surface area contributed by atoms with Crippen molar-refractivity contribution < 1.29 is 13.2 Å². The molecular formula is C12H15F3N2. The van der Waals surface area contributed by atoms with E-state index in [0.717, 1.165) is 11.4 Å². The van der Waals surface area contributed by atoms with Gasteiger partial charge in [-0.15, -0.1) is 0 Å². The maximum absolute atomic E-state index is 12.7. The van der Waals surface area contributed by atoms with Crippen LogP contribution in [0, 0.1) is 12.8 Å². The second-order valence-corrected chi connectivity index (χ2v) is 4.48. The van der Waals surface area contributed by atoms with E-state index in [0.29, 0.717) is 13.0 Å². The van der Waals surface area contributed by atoms with E-state index in [-0.39, 0.29) is 13.0 Å². The van der Waals surface area contributed by atoms with E-state index in [1.54, 1.807) is 17.2 Å². The first-order valence-electron chi connectivity index (χ1n) is 5.71. The van der Waals surface area contributed by atoms with Crippen LogP contribution in [-0.4, -0.2) is 24.2 Å². The van der Waals surface area contributed by atoms with Gasteiger partial charge in [0.2, 0.25) is 0 Å². The average Bonchev–Trinajstić information content (AvgIpc) is 2.28. The fourth-order valence-electron chi connectivity index (χ4n) is 2.21. The van der Waals surface area contributed by atoms with E-state index in [9.17, 15) is 13.2 Å². The smallest absolute Gasteiger partial charge is 0.371 e. The zero-order chi connectivity index (χ0) is 12.5. The van der Waals surface area contributed by atoms with Crippen LogP contribution in [0.25, 0.3) is 0 Å². The molecule has 0 saturated carbocycles. The normalized spacial score (nSPS) is 21.6. The highest BCUT2D eigenvalue weighted by Gasteiger charge is 2.41. The van der Waals surface area contributed by atoms with Gasteiger partial charge in [-0.2, -0.15) is 13.2 Å². The summed E-state index contributed by atoms with van der Waals surface area (Å²) in [5.74, 6) is -1.20. The van der Waals surface area contributed by atoms with E-state index in [1.165, 1.54) is 0 Å². The van der Waals surface area contributed by atoms with E-state index >= 15 is 0 Å². The predicted molar refractivity (Wildman–Crippen MR) is 60.0 cm³/mol. The fourth-order valence-corrected chi connectivity index (χ4v) is 2.21. The van der Waals surface area contributed by atoms with Gasteiger partial charge in [-0.25, -0.2) is 0 Å². The van der Waals surface area contributed by atoms with Crippen molar-refractivity contribution in [1.29, 1.82) is 0 Å². The molecule has 2 heterocycles. The van der Waals surface area contributed by atoms with Crippen LogP contribution in [0.1, 0.15) is 18.5 Å². The van der Waals surface area contributed by atoms with Gasteiger partial charge >= 0.3 is 6.18 Å². The Hall–Kier alpha value is -1.26. The molecule has 0 radical (unpaired) electrons. The third-order valence-corrected chi connectivity index (χ3v) is 3.13. The van der Waals surface area contributed by atoms with Crippen molar-refractivity contribution in [3.8, 4) is 0 Å². The van der Waals surface area contributed by atoms with Gasteiger partial charge in [-0.05, 0) is 31.9 Å². The monoisotopic (exact) mass is 244 g/mol. The Kier molecular flexibility index (Phi) is 3.26. The summed E-state index contributed by atoms with van der Waals surface area (Å²) in [7, 11) is 0. The lowest BCUT2D eigenvalue weighted by molar-refractivity contribution is -0.175. The van der Waals surface area contributed by atoms with Gasteiger partial charge in [-0.1, -0.05) is 0 Å². The van der Waals surface area contributed by atoms with Crippen molar-refractivity contribution in [2.24, 2.45) is 5.92 Å². The second-order valence-electron chi connectivity index (χ2n) is 4.48. The van der Waals surface area contributed by atoms with Gasteiger partial charge in [0.15, 0.2) is 0 Å². The minimum atomic E-state index is -4.08. The Morgan fingerprint density at radius 1 is 1.41 bits per heavy atom. The molecule has 0 aromatic carbocycles. The molecule has 1 atom stereocenters. The number of hydrogen-bond acceptors (Lipinski definition) is 2. The SMILES string of the molecule is Cc1cc(N2CCC[C@H](C(F)(F)F)C2)ccn1. The van der Waals surface area contributed by atoms with E-state index in [2.05, 4.69) is 4.98 Å². The molecule has 1 aromatic heterocycles. The highest BCUT2D eigenvalue weighted by Crippen LogP contribution is 2.34. The molecule has 2 nitrogen and oxygen atoms in total. The third kappa shape index (κ3) is 2.90. The Morgan fingerprint density at radius 2 is 2.18 bits per heavy atom. The summed E-state index contributed by atoms with van der Waals surface area (Å²) in [6, 6.07) is 3.60. The molecule has 0 unspecified atom stereocenters. The van der Waals surface area contributed by atoms with Crippen molar-refractivity contribution in [3.05, 3.63) is 24.0 Å². The number of halogens is 3. The van der Waals surface area contributed by atoms with Gasteiger partial charge in [-0.3, -0.25) is 4.98 Å². The molecule has 1 fully saturated rings. The van der Waals surface area contributed by atoms with Crippen LogP contribution in [0.5, 0.6) is 0 Å². The first-order chi connectivity index (χ1) is 7.97. The molecule has 0 N–H and O–H groups in total. The van der Waals surface area contributed by atoms with E-state index in [4.69, 9.17) is 0 Å². The van der Waals surface area contributed by atoms with Crippen molar-refractivity contribution in [2.75, 3.05) is 18.0 Å². The van der Waals surface area contributed by atoms with Crippen molar-refractivity contribution >= 4 is 5.69 Å². The number of alkyl halides is 3. The maximum Gasteiger partial charge on any atom is 0.393 e. The summed E-state index contributed by atoms with van der Waals surface area (Å²) in [5, 5.41) is 0. The molecule has 94 valence electrons. The number of anilines is 1. The second kappa shape index (κ2) is 4.55. The average molecular weight is 244 g/mol. The number of aryl methyl sites for hydroxylation is 1. The number of hydrogen-bond donors (Lipinski definition) is 0. The lowest BCUT2D eigenvalue weighted by atomic mass is 9.97. The fraction of sp³-hybridized carbons (Fsp3) is 0.583. The molecule has 2 rings (SSSR count). The summed E-state index contributed by atoms with van der Waals surface area (Å²) in [6.45, 7) is 2.59. The van der Waals surface area contributed by atoms with Crippen LogP contribution >= 0.6 is 0 Å². The van der Waals surface area contributed by atoms with Crippen LogP contribution in [0.4, 0.5) is 18.9 Å². The van der Waals surface area contributed by atoms with Crippen molar-refractivity contribution in [3.63, 3.8) is 0 Å². The van der Waals surface area contributed by atoms with Crippen LogP contribution in [0.2, 0.25) is 0 Å². The van der Waals surface area contributed by atoms with E-state index in [1.807, 2.05) is 13.0 Å². The molecule has 1 aliphatic rings. The topological polar surface area (TPSA) is 16.1 Å². The molecule has 1 saturated heterocycles. The Morgan fingerprint density at radius 3 is 2.82 bits per heavy atom. The first kappa shape index (κ1) is 12.2. The number of pyridine rings is 1. The molecule has 0 spiro atoms. The van der Waals surface area contributed by atoms with Crippen LogP contribution < -0.4 is 4.90 Å². The van der Waals surface area contributed by atoms with Gasteiger partial charge in [0, 0.05) is 30.7 Å². The van der Waals surface area contributed by atoms with Gasteiger partial charge < -0.3 is 4.90 Å². The van der Waals surface area contributed by atoms with Gasteiger partial charge in [0.1, 0.15) is 0 Å². The summed E-state index contributed by atoms with van der Waals surface area (Å²) in [4.78, 5) is 5.86.